The largest absolute Gasteiger partial charge is 0.480 e. The van der Waals surface area contributed by atoms with Gasteiger partial charge in [0.25, 0.3) is 0 Å². The van der Waals surface area contributed by atoms with Crippen LogP contribution in [-0.2, 0) is 4.79 Å². The van der Waals surface area contributed by atoms with Gasteiger partial charge < -0.3 is 15.9 Å². The summed E-state index contributed by atoms with van der Waals surface area (Å²) in [5.74, 6) is -1.02. The van der Waals surface area contributed by atoms with E-state index >= 15 is 0 Å². The van der Waals surface area contributed by atoms with Crippen LogP contribution in [0.1, 0.15) is 20.8 Å². The highest BCUT2D eigenvalue weighted by molar-refractivity contribution is 7.81. The lowest BCUT2D eigenvalue weighted by atomic mass is 10.1. The van der Waals surface area contributed by atoms with Gasteiger partial charge in [-0.25, -0.2) is 0 Å². The highest BCUT2D eigenvalue weighted by Crippen LogP contribution is 2.15. The molecule has 74 valence electrons. The summed E-state index contributed by atoms with van der Waals surface area (Å²) in [5.41, 5.74) is 5.22. The molecule has 0 amide bonds. The maximum atomic E-state index is 10.2. The fourth-order valence-corrected chi connectivity index (χ4v) is 0.413. The minimum atomic E-state index is -1.02. The molecular formula is C7H17NO3S. The van der Waals surface area contributed by atoms with Crippen LogP contribution < -0.4 is 5.73 Å². The predicted molar refractivity (Wildman–Crippen MR) is 51.4 cm³/mol. The number of aliphatic hydroxyl groups excluding tert-OH is 1. The molecule has 4 N–H and O–H groups in total. The molecule has 0 fully saturated rings. The van der Waals surface area contributed by atoms with Crippen molar-refractivity contribution in [2.75, 3.05) is 6.61 Å². The van der Waals surface area contributed by atoms with E-state index in [9.17, 15) is 4.79 Å². The number of carboxylic acids is 1. The zero-order valence-electron chi connectivity index (χ0n) is 7.61. The zero-order chi connectivity index (χ0) is 10.4. The summed E-state index contributed by atoms with van der Waals surface area (Å²) in [6.45, 7) is 5.25. The number of aliphatic hydroxyl groups is 1. The van der Waals surface area contributed by atoms with E-state index in [0.717, 1.165) is 0 Å². The summed E-state index contributed by atoms with van der Waals surface area (Å²) >= 11 is 3.98. The van der Waals surface area contributed by atoms with Crippen LogP contribution in [0.25, 0.3) is 0 Å². The van der Waals surface area contributed by atoms with Gasteiger partial charge in [0.2, 0.25) is 0 Å². The Morgan fingerprint density at radius 3 is 1.92 bits per heavy atom. The lowest BCUT2D eigenvalue weighted by Gasteiger charge is -2.21. The van der Waals surface area contributed by atoms with E-state index in [0.29, 0.717) is 0 Å². The van der Waals surface area contributed by atoms with Gasteiger partial charge in [-0.3, -0.25) is 4.79 Å². The van der Waals surface area contributed by atoms with Gasteiger partial charge >= 0.3 is 5.97 Å². The molecular weight excluding hydrogens is 178 g/mol. The van der Waals surface area contributed by atoms with Gasteiger partial charge in [-0.05, 0) is 20.8 Å². The number of carboxylic acid groups (broad SMARTS) is 1. The minimum Gasteiger partial charge on any atom is -0.480 e. The van der Waals surface area contributed by atoms with Crippen molar-refractivity contribution >= 4 is 18.6 Å². The van der Waals surface area contributed by atoms with Crippen molar-refractivity contribution in [1.82, 2.24) is 0 Å². The van der Waals surface area contributed by atoms with Gasteiger partial charge in [-0.1, -0.05) is 0 Å². The van der Waals surface area contributed by atoms with Crippen molar-refractivity contribution in [1.29, 1.82) is 0 Å². The summed E-state index contributed by atoms with van der Waals surface area (Å²) in [6.07, 6.45) is 0. The number of rotatable bonds is 2. The topological polar surface area (TPSA) is 83.6 Å². The molecule has 0 aromatic rings. The second kappa shape index (κ2) is 6.28. The van der Waals surface area contributed by atoms with Gasteiger partial charge in [-0.2, -0.15) is 12.6 Å². The molecule has 12 heavy (non-hydrogen) atoms. The second-order valence-electron chi connectivity index (χ2n) is 2.79. The molecule has 0 unspecified atom stereocenters. The fraction of sp³-hybridized carbons (Fsp3) is 0.857. The Bertz CT molecular complexity index is 133. The summed E-state index contributed by atoms with van der Waals surface area (Å²) in [6, 6.07) is -0.902. The van der Waals surface area contributed by atoms with Gasteiger partial charge in [0.05, 0.1) is 0 Å². The molecule has 0 radical (unpaired) electrons. The van der Waals surface area contributed by atoms with Crippen molar-refractivity contribution in [3.63, 3.8) is 0 Å². The number of hydrogen-bond acceptors (Lipinski definition) is 4. The average Bonchev–Trinajstić information content (AvgIpc) is 1.85. The maximum absolute atomic E-state index is 10.2. The van der Waals surface area contributed by atoms with Gasteiger partial charge in [-0.15, -0.1) is 0 Å². The van der Waals surface area contributed by atoms with Crippen LogP contribution >= 0.6 is 12.6 Å². The van der Waals surface area contributed by atoms with Crippen LogP contribution in [0.3, 0.4) is 0 Å². The van der Waals surface area contributed by atoms with E-state index in [-0.39, 0.29) is 6.61 Å². The Morgan fingerprint density at radius 1 is 1.67 bits per heavy atom. The number of carbonyl (C=O) groups is 1. The Morgan fingerprint density at radius 2 is 1.92 bits per heavy atom. The Labute approximate surface area is 78.2 Å². The van der Waals surface area contributed by atoms with E-state index in [4.69, 9.17) is 15.9 Å². The molecule has 0 spiro atoms. The first-order valence-corrected chi connectivity index (χ1v) is 4.03. The van der Waals surface area contributed by atoms with Crippen LogP contribution in [0.5, 0.6) is 0 Å². The van der Waals surface area contributed by atoms with Crippen LogP contribution in [0.15, 0.2) is 0 Å². The third kappa shape index (κ3) is 7.84. The van der Waals surface area contributed by atoms with Crippen molar-refractivity contribution in [2.45, 2.75) is 31.6 Å². The molecule has 0 aliphatic heterocycles. The first-order valence-electron chi connectivity index (χ1n) is 3.59. The predicted octanol–water partition coefficient (Wildman–Crippen LogP) is 0.105. The molecule has 1 atom stereocenters. The van der Waals surface area contributed by atoms with E-state index in [1.165, 1.54) is 0 Å². The second-order valence-corrected chi connectivity index (χ2v) is 3.94. The Balaban J connectivity index is 0. The summed E-state index contributed by atoms with van der Waals surface area (Å²) in [4.78, 5) is 10.2. The zero-order valence-corrected chi connectivity index (χ0v) is 8.51. The quantitative estimate of drug-likeness (QED) is 0.471. The molecule has 5 heteroatoms. The normalized spacial score (nSPS) is 12.8. The number of thiol groups is 1. The van der Waals surface area contributed by atoms with Gasteiger partial charge in [0, 0.05) is 11.4 Å². The Hall–Kier alpha value is -0.260. The van der Waals surface area contributed by atoms with Crippen molar-refractivity contribution in [2.24, 2.45) is 5.73 Å². The van der Waals surface area contributed by atoms with Crippen molar-refractivity contribution in [3.05, 3.63) is 0 Å². The lowest BCUT2D eigenvalue weighted by molar-refractivity contribution is -0.139. The van der Waals surface area contributed by atoms with Gasteiger partial charge in [0.1, 0.15) is 6.04 Å². The van der Waals surface area contributed by atoms with E-state index < -0.39 is 16.8 Å². The van der Waals surface area contributed by atoms with Crippen LogP contribution in [-0.4, -0.2) is 33.6 Å². The molecule has 0 aromatic carbocycles. The SMILES string of the molecule is CC(C)(S)[C@@H](N)C(=O)O.CCO. The number of nitrogens with two attached hydrogens (primary N) is 1. The van der Waals surface area contributed by atoms with Crippen molar-refractivity contribution < 1.29 is 15.0 Å². The third-order valence-electron chi connectivity index (χ3n) is 1.03. The molecule has 0 aromatic heterocycles. The summed E-state index contributed by atoms with van der Waals surface area (Å²) in [5, 5.41) is 15.9. The first-order chi connectivity index (χ1) is 5.27. The van der Waals surface area contributed by atoms with E-state index in [1.54, 1.807) is 20.8 Å². The monoisotopic (exact) mass is 195 g/mol. The summed E-state index contributed by atoms with van der Waals surface area (Å²) < 4.78 is -0.647. The molecule has 0 heterocycles. The molecule has 4 nitrogen and oxygen atoms in total. The molecule has 0 saturated carbocycles. The average molecular weight is 195 g/mol. The smallest absolute Gasteiger partial charge is 0.321 e. The summed E-state index contributed by atoms with van der Waals surface area (Å²) in [7, 11) is 0. The fourth-order valence-electron chi connectivity index (χ4n) is 0.302. The van der Waals surface area contributed by atoms with E-state index in [2.05, 4.69) is 12.6 Å². The highest BCUT2D eigenvalue weighted by atomic mass is 32.1. The van der Waals surface area contributed by atoms with Gasteiger partial charge in [0.15, 0.2) is 0 Å². The van der Waals surface area contributed by atoms with Crippen molar-refractivity contribution in [3.8, 4) is 0 Å². The van der Waals surface area contributed by atoms with Crippen LogP contribution in [0.2, 0.25) is 0 Å². The van der Waals surface area contributed by atoms with Crippen LogP contribution in [0, 0.1) is 0 Å². The molecule has 0 aliphatic rings. The number of hydrogen-bond donors (Lipinski definition) is 4. The highest BCUT2D eigenvalue weighted by Gasteiger charge is 2.27. The Kier molecular flexibility index (Phi) is 7.47. The minimum absolute atomic E-state index is 0.250. The molecule has 0 rings (SSSR count). The lowest BCUT2D eigenvalue weighted by Crippen LogP contribution is -2.45. The molecule has 0 saturated heterocycles. The van der Waals surface area contributed by atoms with E-state index in [1.807, 2.05) is 0 Å². The molecule has 0 aliphatic carbocycles. The first kappa shape index (κ1) is 14.3. The van der Waals surface area contributed by atoms with Crippen LogP contribution in [0.4, 0.5) is 0 Å². The molecule has 0 bridgehead atoms. The maximum Gasteiger partial charge on any atom is 0.321 e. The standard InChI is InChI=1S/C5H11NO2S.C2H6O/c1-5(2,9)3(6)4(7)8;1-2-3/h3,9H,6H2,1-2H3,(H,7,8);3H,2H2,1H3/t3-;/m0./s1. The number of aliphatic carboxylic acids is 1. The third-order valence-corrected chi connectivity index (χ3v) is 1.31.